The lowest BCUT2D eigenvalue weighted by atomic mass is 10.1. The molecule has 0 bridgehead atoms. The first-order valence-electron chi connectivity index (χ1n) is 10.8. The van der Waals surface area contributed by atoms with Gasteiger partial charge in [-0.15, -0.1) is 0 Å². The molecule has 3 aromatic carbocycles. The first-order valence-corrected chi connectivity index (χ1v) is 13.8. The molecule has 0 aliphatic carbocycles. The fraction of sp³-hybridized carbons (Fsp3) is 0.154. The summed E-state index contributed by atoms with van der Waals surface area (Å²) in [5, 5.41) is 1.29. The van der Waals surface area contributed by atoms with Gasteiger partial charge in [0.15, 0.2) is 11.5 Å². The number of hydrogen-bond acceptors (Lipinski definition) is 5. The van der Waals surface area contributed by atoms with Crippen LogP contribution in [0.3, 0.4) is 0 Å². The van der Waals surface area contributed by atoms with E-state index in [2.05, 4.69) is 22.6 Å². The van der Waals surface area contributed by atoms with Gasteiger partial charge in [0, 0.05) is 20.6 Å². The van der Waals surface area contributed by atoms with Crippen molar-refractivity contribution in [1.29, 1.82) is 0 Å². The van der Waals surface area contributed by atoms with Gasteiger partial charge >= 0.3 is 0 Å². The Labute approximate surface area is 241 Å². The Hall–Kier alpha value is -1.91. The summed E-state index contributed by atoms with van der Waals surface area (Å²) in [5.41, 5.74) is 2.28. The number of carbonyl (C=O) groups is 2. The molecule has 0 radical (unpaired) electrons. The zero-order valence-corrected chi connectivity index (χ0v) is 24.1. The third kappa shape index (κ3) is 6.50. The van der Waals surface area contributed by atoms with Gasteiger partial charge in [0.2, 0.25) is 0 Å². The molecule has 10 heteroatoms. The van der Waals surface area contributed by atoms with Gasteiger partial charge in [-0.05, 0) is 94.9 Å². The van der Waals surface area contributed by atoms with Crippen LogP contribution in [0, 0.1) is 3.57 Å². The molecule has 1 heterocycles. The van der Waals surface area contributed by atoms with Gasteiger partial charge in [0.1, 0.15) is 6.61 Å². The van der Waals surface area contributed by atoms with Crippen LogP contribution in [-0.4, -0.2) is 22.7 Å². The molecule has 0 aromatic heterocycles. The van der Waals surface area contributed by atoms with Crippen LogP contribution in [0.1, 0.15) is 23.6 Å². The zero-order valence-electron chi connectivity index (χ0n) is 18.9. The Balaban J connectivity index is 1.56. The molecular weight excluding hydrogens is 656 g/mol. The highest BCUT2D eigenvalue weighted by molar-refractivity contribution is 14.1. The van der Waals surface area contributed by atoms with Crippen LogP contribution in [0.25, 0.3) is 6.08 Å². The van der Waals surface area contributed by atoms with E-state index in [-0.39, 0.29) is 24.3 Å². The maximum atomic E-state index is 13.0. The number of rotatable bonds is 8. The number of thioether (sulfide) groups is 1. The minimum Gasteiger partial charge on any atom is -0.490 e. The molecule has 1 aliphatic rings. The second-order valence-corrected chi connectivity index (χ2v) is 11.1. The van der Waals surface area contributed by atoms with Crippen molar-refractivity contribution in [3.05, 3.63) is 94.8 Å². The zero-order chi connectivity index (χ0) is 25.8. The number of ether oxygens (including phenoxy) is 2. The fourth-order valence-electron chi connectivity index (χ4n) is 3.47. The molecule has 2 amide bonds. The van der Waals surface area contributed by atoms with Gasteiger partial charge in [-0.1, -0.05) is 53.0 Å². The Morgan fingerprint density at radius 3 is 2.50 bits per heavy atom. The van der Waals surface area contributed by atoms with Crippen molar-refractivity contribution < 1.29 is 19.1 Å². The Kier molecular flexibility index (Phi) is 9.11. The molecule has 36 heavy (non-hydrogen) atoms. The highest BCUT2D eigenvalue weighted by Crippen LogP contribution is 2.38. The van der Waals surface area contributed by atoms with Crippen LogP contribution in [0.5, 0.6) is 11.5 Å². The normalized spacial score (nSPS) is 14.6. The van der Waals surface area contributed by atoms with E-state index >= 15 is 0 Å². The van der Waals surface area contributed by atoms with Crippen molar-refractivity contribution in [3.63, 3.8) is 0 Å². The van der Waals surface area contributed by atoms with E-state index in [1.165, 1.54) is 4.90 Å². The molecule has 1 saturated heterocycles. The lowest BCUT2D eigenvalue weighted by Gasteiger charge is -2.15. The Morgan fingerprint density at radius 1 is 1.00 bits per heavy atom. The highest BCUT2D eigenvalue weighted by Gasteiger charge is 2.35. The predicted molar refractivity (Wildman–Crippen MR) is 154 cm³/mol. The van der Waals surface area contributed by atoms with E-state index in [1.807, 2.05) is 25.1 Å². The predicted octanol–water partition coefficient (Wildman–Crippen LogP) is 8.47. The molecule has 0 unspecified atom stereocenters. The summed E-state index contributed by atoms with van der Waals surface area (Å²) in [7, 11) is 0. The van der Waals surface area contributed by atoms with Crippen molar-refractivity contribution >= 4 is 86.4 Å². The summed E-state index contributed by atoms with van der Waals surface area (Å²) >= 11 is 21.4. The van der Waals surface area contributed by atoms with Gasteiger partial charge in [-0.25, -0.2) is 0 Å². The molecule has 5 nitrogen and oxygen atoms in total. The number of imide groups is 1. The summed E-state index contributed by atoms with van der Waals surface area (Å²) < 4.78 is 12.7. The summed E-state index contributed by atoms with van der Waals surface area (Å²) in [4.78, 5) is 27.1. The van der Waals surface area contributed by atoms with E-state index < -0.39 is 0 Å². The van der Waals surface area contributed by atoms with Crippen LogP contribution in [0.15, 0.2) is 59.5 Å². The summed E-state index contributed by atoms with van der Waals surface area (Å²) in [5.74, 6) is 0.740. The summed E-state index contributed by atoms with van der Waals surface area (Å²) in [6, 6.07) is 16.0. The van der Waals surface area contributed by atoms with Crippen LogP contribution in [-0.2, 0) is 17.9 Å². The molecule has 1 aliphatic heterocycles. The third-order valence-electron chi connectivity index (χ3n) is 5.12. The Bertz CT molecular complexity index is 1370. The van der Waals surface area contributed by atoms with Crippen LogP contribution < -0.4 is 9.47 Å². The summed E-state index contributed by atoms with van der Waals surface area (Å²) in [6.45, 7) is 2.69. The molecule has 186 valence electrons. The maximum Gasteiger partial charge on any atom is 0.293 e. The minimum atomic E-state index is -0.351. The number of benzene rings is 3. The Morgan fingerprint density at radius 2 is 1.78 bits per heavy atom. The second kappa shape index (κ2) is 12.1. The minimum absolute atomic E-state index is 0.157. The standard InChI is InChI=1S/C26H19Cl3INO4S/c1-2-34-22-10-16(9-21(30)24(22)35-14-17-6-7-19(28)12-20(17)29)11-23-25(32)31(26(33)36-23)13-15-4-3-5-18(27)8-15/h3-12H,2,13-14H2,1H3/b23-11-. The van der Waals surface area contributed by atoms with E-state index in [0.29, 0.717) is 43.6 Å². The number of carbonyl (C=O) groups excluding carboxylic acids is 2. The van der Waals surface area contributed by atoms with Crippen molar-refractivity contribution in [2.45, 2.75) is 20.1 Å². The first kappa shape index (κ1) is 27.1. The van der Waals surface area contributed by atoms with Gasteiger partial charge in [0.05, 0.1) is 21.6 Å². The third-order valence-corrected chi connectivity index (χ3v) is 7.65. The van der Waals surface area contributed by atoms with Gasteiger partial charge in [-0.3, -0.25) is 14.5 Å². The first-order chi connectivity index (χ1) is 17.2. The SMILES string of the molecule is CCOc1cc(/C=C2\SC(=O)N(Cc3cccc(Cl)c3)C2=O)cc(I)c1OCc1ccc(Cl)cc1Cl. The molecule has 3 aromatic rings. The second-order valence-electron chi connectivity index (χ2n) is 7.69. The molecular formula is C26H19Cl3INO4S. The number of hydrogen-bond donors (Lipinski definition) is 0. The molecule has 0 atom stereocenters. The van der Waals surface area contributed by atoms with E-state index in [4.69, 9.17) is 44.3 Å². The lowest BCUT2D eigenvalue weighted by molar-refractivity contribution is -0.123. The molecule has 0 N–H and O–H groups in total. The smallest absolute Gasteiger partial charge is 0.293 e. The van der Waals surface area contributed by atoms with Gasteiger partial charge < -0.3 is 9.47 Å². The largest absolute Gasteiger partial charge is 0.490 e. The van der Waals surface area contributed by atoms with Crippen molar-refractivity contribution in [3.8, 4) is 11.5 Å². The average Bonchev–Trinajstić information content (AvgIpc) is 3.07. The lowest BCUT2D eigenvalue weighted by Crippen LogP contribution is -2.27. The van der Waals surface area contributed by atoms with Crippen molar-refractivity contribution in [2.24, 2.45) is 0 Å². The topological polar surface area (TPSA) is 55.8 Å². The van der Waals surface area contributed by atoms with Crippen molar-refractivity contribution in [2.75, 3.05) is 6.61 Å². The van der Waals surface area contributed by atoms with Gasteiger partial charge in [-0.2, -0.15) is 0 Å². The quantitative estimate of drug-likeness (QED) is 0.177. The number of amides is 2. The molecule has 4 rings (SSSR count). The maximum absolute atomic E-state index is 13.0. The van der Waals surface area contributed by atoms with E-state index in [0.717, 1.165) is 26.5 Å². The van der Waals surface area contributed by atoms with Gasteiger partial charge in [0.25, 0.3) is 11.1 Å². The monoisotopic (exact) mass is 673 g/mol. The molecule has 0 spiro atoms. The summed E-state index contributed by atoms with van der Waals surface area (Å²) in [6.07, 6.45) is 1.69. The van der Waals surface area contributed by atoms with Crippen LogP contribution in [0.4, 0.5) is 4.79 Å². The highest BCUT2D eigenvalue weighted by atomic mass is 127. The van der Waals surface area contributed by atoms with Crippen LogP contribution in [0.2, 0.25) is 15.1 Å². The van der Waals surface area contributed by atoms with E-state index in [9.17, 15) is 9.59 Å². The number of halogens is 4. The number of nitrogens with zero attached hydrogens (tertiary/aromatic N) is 1. The molecule has 0 saturated carbocycles. The van der Waals surface area contributed by atoms with Crippen LogP contribution >= 0.6 is 69.2 Å². The van der Waals surface area contributed by atoms with Crippen molar-refractivity contribution in [1.82, 2.24) is 4.90 Å². The van der Waals surface area contributed by atoms with E-state index in [1.54, 1.807) is 42.5 Å². The molecule has 1 fully saturated rings. The fourth-order valence-corrected chi connectivity index (χ4v) is 5.76. The average molecular weight is 675 g/mol.